The first-order chi connectivity index (χ1) is 18.8. The van der Waals surface area contributed by atoms with Gasteiger partial charge in [0, 0.05) is 21.3 Å². The molecule has 0 fully saturated rings. The normalized spacial score (nSPS) is 17.4. The van der Waals surface area contributed by atoms with E-state index >= 15 is 0 Å². The highest BCUT2D eigenvalue weighted by Crippen LogP contribution is 2.40. The molecule has 1 amide bonds. The van der Waals surface area contributed by atoms with Crippen LogP contribution in [0.15, 0.2) is 80.1 Å². The third-order valence-electron chi connectivity index (χ3n) is 6.87. The highest BCUT2D eigenvalue weighted by molar-refractivity contribution is 9.10. The topological polar surface area (TPSA) is 99.0 Å². The first kappa shape index (κ1) is 25.3. The maximum atomic E-state index is 14.3. The first-order valence-corrected chi connectivity index (χ1v) is 13.8. The molecule has 0 saturated heterocycles. The molecular weight excluding hydrogens is 582 g/mol. The van der Waals surface area contributed by atoms with E-state index in [4.69, 9.17) is 9.47 Å². The zero-order chi connectivity index (χ0) is 27.4. The number of hydrogen-bond acceptors (Lipinski definition) is 7. The predicted molar refractivity (Wildman–Crippen MR) is 153 cm³/mol. The minimum atomic E-state index is -0.887. The number of aromatic nitrogens is 1. The summed E-state index contributed by atoms with van der Waals surface area (Å²) in [6.07, 6.45) is 0. The SMILES string of the molecule is CCOC(=O)C1=C(C)N=c2s/c(=C3\C(=O)Nc4ccc(Br)cc43)c(=O)n2[C@H]1c1c(OC)ccc2ccccc12. The molecule has 1 N–H and O–H groups in total. The molecule has 0 radical (unpaired) electrons. The van der Waals surface area contributed by atoms with Crippen molar-refractivity contribution in [2.75, 3.05) is 19.0 Å². The third kappa shape index (κ3) is 3.93. The molecule has 3 aromatic carbocycles. The summed E-state index contributed by atoms with van der Waals surface area (Å²) in [7, 11) is 1.55. The van der Waals surface area contributed by atoms with Crippen LogP contribution in [0, 0.1) is 0 Å². The lowest BCUT2D eigenvalue weighted by Crippen LogP contribution is -2.40. The molecule has 0 unspecified atom stereocenters. The summed E-state index contributed by atoms with van der Waals surface area (Å²) in [5.41, 5.74) is 2.42. The molecule has 0 aliphatic carbocycles. The van der Waals surface area contributed by atoms with Crippen molar-refractivity contribution in [2.45, 2.75) is 19.9 Å². The molecule has 8 nitrogen and oxygen atoms in total. The minimum absolute atomic E-state index is 0.162. The Morgan fingerprint density at radius 1 is 1.15 bits per heavy atom. The summed E-state index contributed by atoms with van der Waals surface area (Å²) in [4.78, 5) is 45.8. The van der Waals surface area contributed by atoms with Gasteiger partial charge in [0.15, 0.2) is 4.80 Å². The number of methoxy groups -OCH3 is 1. The summed E-state index contributed by atoms with van der Waals surface area (Å²) in [5.74, 6) is -0.417. The number of hydrogen-bond donors (Lipinski definition) is 1. The number of esters is 1. The lowest BCUT2D eigenvalue weighted by molar-refractivity contribution is -0.139. The first-order valence-electron chi connectivity index (χ1n) is 12.2. The monoisotopic (exact) mass is 603 g/mol. The van der Waals surface area contributed by atoms with Crippen molar-refractivity contribution in [3.05, 3.63) is 101 Å². The predicted octanol–water partition coefficient (Wildman–Crippen LogP) is 4.04. The molecule has 39 heavy (non-hydrogen) atoms. The van der Waals surface area contributed by atoms with Crippen LogP contribution < -0.4 is 24.9 Å². The van der Waals surface area contributed by atoms with E-state index < -0.39 is 17.6 Å². The fourth-order valence-electron chi connectivity index (χ4n) is 5.22. The van der Waals surface area contributed by atoms with E-state index in [0.29, 0.717) is 33.1 Å². The van der Waals surface area contributed by atoms with E-state index in [1.54, 1.807) is 33.1 Å². The Balaban J connectivity index is 1.73. The van der Waals surface area contributed by atoms with Crippen molar-refractivity contribution >= 4 is 61.2 Å². The number of thiazole rings is 1. The maximum Gasteiger partial charge on any atom is 0.338 e. The van der Waals surface area contributed by atoms with Crippen LogP contribution >= 0.6 is 27.3 Å². The summed E-state index contributed by atoms with van der Waals surface area (Å²) >= 11 is 4.59. The van der Waals surface area contributed by atoms with Gasteiger partial charge in [0.05, 0.1) is 30.6 Å². The van der Waals surface area contributed by atoms with Crippen molar-refractivity contribution < 1.29 is 19.1 Å². The number of fused-ring (bicyclic) bond motifs is 3. The zero-order valence-corrected chi connectivity index (χ0v) is 23.6. The number of ether oxygens (including phenoxy) is 2. The van der Waals surface area contributed by atoms with Gasteiger partial charge in [0.2, 0.25) is 0 Å². The second-order valence-electron chi connectivity index (χ2n) is 9.04. The summed E-state index contributed by atoms with van der Waals surface area (Å²) in [6, 6.07) is 16.0. The number of amides is 1. The van der Waals surface area contributed by atoms with Gasteiger partial charge in [0.1, 0.15) is 16.3 Å². The second kappa shape index (κ2) is 9.62. The molecule has 196 valence electrons. The number of rotatable bonds is 4. The van der Waals surface area contributed by atoms with Crippen LogP contribution in [0.5, 0.6) is 5.75 Å². The van der Waals surface area contributed by atoms with E-state index in [9.17, 15) is 14.4 Å². The number of anilines is 1. The Bertz CT molecular complexity index is 1940. The molecule has 2 aliphatic heterocycles. The maximum absolute atomic E-state index is 14.3. The number of nitrogens with zero attached hydrogens (tertiary/aromatic N) is 2. The van der Waals surface area contributed by atoms with Crippen LogP contribution in [0.4, 0.5) is 5.69 Å². The fourth-order valence-corrected chi connectivity index (χ4v) is 6.72. The van der Waals surface area contributed by atoms with Crippen molar-refractivity contribution in [3.63, 3.8) is 0 Å². The molecule has 10 heteroatoms. The summed E-state index contributed by atoms with van der Waals surface area (Å²) < 4.78 is 13.7. The van der Waals surface area contributed by atoms with Crippen molar-refractivity contribution in [3.8, 4) is 5.75 Å². The molecule has 2 aliphatic rings. The Morgan fingerprint density at radius 2 is 1.95 bits per heavy atom. The van der Waals surface area contributed by atoms with Crippen LogP contribution in [-0.2, 0) is 14.3 Å². The molecule has 1 aromatic heterocycles. The molecule has 0 bridgehead atoms. The van der Waals surface area contributed by atoms with Gasteiger partial charge in [0.25, 0.3) is 11.5 Å². The number of carbonyl (C=O) groups excluding carboxylic acids is 2. The van der Waals surface area contributed by atoms with Gasteiger partial charge in [-0.05, 0) is 48.9 Å². The smallest absolute Gasteiger partial charge is 0.338 e. The van der Waals surface area contributed by atoms with Gasteiger partial charge in [-0.15, -0.1) is 0 Å². The fraction of sp³-hybridized carbons (Fsp3) is 0.172. The Labute approximate surface area is 235 Å². The van der Waals surface area contributed by atoms with Gasteiger partial charge >= 0.3 is 5.97 Å². The number of benzene rings is 3. The van der Waals surface area contributed by atoms with Crippen molar-refractivity contribution in [1.29, 1.82) is 0 Å². The van der Waals surface area contributed by atoms with E-state index in [1.807, 2.05) is 42.5 Å². The number of carbonyl (C=O) groups is 2. The van der Waals surface area contributed by atoms with Gasteiger partial charge in [-0.1, -0.05) is 57.6 Å². The molecule has 6 rings (SSSR count). The number of allylic oxidation sites excluding steroid dienone is 1. The Morgan fingerprint density at radius 3 is 2.72 bits per heavy atom. The van der Waals surface area contributed by atoms with E-state index in [-0.39, 0.29) is 28.2 Å². The molecule has 1 atom stereocenters. The molecule has 4 aromatic rings. The van der Waals surface area contributed by atoms with Crippen LogP contribution in [0.2, 0.25) is 0 Å². The average molecular weight is 604 g/mol. The number of halogens is 1. The third-order valence-corrected chi connectivity index (χ3v) is 8.42. The Kier molecular flexibility index (Phi) is 6.23. The second-order valence-corrected chi connectivity index (χ2v) is 10.9. The lowest BCUT2D eigenvalue weighted by atomic mass is 9.90. The van der Waals surface area contributed by atoms with E-state index in [2.05, 4.69) is 26.2 Å². The van der Waals surface area contributed by atoms with E-state index in [0.717, 1.165) is 26.6 Å². The highest BCUT2D eigenvalue weighted by atomic mass is 79.9. The molecule has 0 spiro atoms. The van der Waals surface area contributed by atoms with E-state index in [1.165, 1.54) is 4.57 Å². The lowest BCUT2D eigenvalue weighted by Gasteiger charge is -2.27. The van der Waals surface area contributed by atoms with Crippen molar-refractivity contribution in [1.82, 2.24) is 4.57 Å². The van der Waals surface area contributed by atoms with Gasteiger partial charge in [-0.2, -0.15) is 0 Å². The highest BCUT2D eigenvalue weighted by Gasteiger charge is 2.37. The Hall–Kier alpha value is -4.02. The van der Waals surface area contributed by atoms with Crippen molar-refractivity contribution in [2.24, 2.45) is 4.99 Å². The van der Waals surface area contributed by atoms with Crippen LogP contribution in [0.1, 0.15) is 31.0 Å². The number of nitrogens with one attached hydrogen (secondary N) is 1. The van der Waals surface area contributed by atoms with Crippen LogP contribution in [0.25, 0.3) is 16.3 Å². The molecule has 3 heterocycles. The average Bonchev–Trinajstić information content (AvgIpc) is 3.41. The summed E-state index contributed by atoms with van der Waals surface area (Å²) in [5, 5.41) is 4.59. The minimum Gasteiger partial charge on any atom is -0.496 e. The zero-order valence-electron chi connectivity index (χ0n) is 21.2. The van der Waals surface area contributed by atoms with Gasteiger partial charge in [-0.3, -0.25) is 14.2 Å². The van der Waals surface area contributed by atoms with Crippen LogP contribution in [0.3, 0.4) is 0 Å². The summed E-state index contributed by atoms with van der Waals surface area (Å²) in [6.45, 7) is 3.62. The molecule has 0 saturated carbocycles. The largest absolute Gasteiger partial charge is 0.496 e. The van der Waals surface area contributed by atoms with Gasteiger partial charge < -0.3 is 14.8 Å². The van der Waals surface area contributed by atoms with Gasteiger partial charge in [-0.25, -0.2) is 9.79 Å². The molecular formula is C29H22BrN3O5S. The quantitative estimate of drug-likeness (QED) is 0.355. The van der Waals surface area contributed by atoms with Crippen LogP contribution in [-0.4, -0.2) is 30.2 Å². The standard InChI is InChI=1S/C29H22BrN3O5S/c1-4-38-28(36)21-14(2)31-29-33(24(21)22-17-8-6-5-7-15(17)9-12-20(22)37-3)27(35)25(39-29)23-18-13-16(30)10-11-19(18)32-26(23)34/h5-13,24H,4H2,1-3H3,(H,32,34)/b25-23-/t24-/m1/s1.